The summed E-state index contributed by atoms with van der Waals surface area (Å²) in [5.41, 5.74) is 0.703. The van der Waals surface area contributed by atoms with Crippen LogP contribution >= 0.6 is 15.9 Å². The number of carbonyl (C=O) groups is 2. The Bertz CT molecular complexity index is 552. The molecule has 21 heavy (non-hydrogen) atoms. The maximum Gasteiger partial charge on any atom is 0.306 e. The molecule has 1 saturated heterocycles. The summed E-state index contributed by atoms with van der Waals surface area (Å²) in [7, 11) is 0. The number of rotatable bonds is 4. The first-order chi connectivity index (χ1) is 9.95. The van der Waals surface area contributed by atoms with Gasteiger partial charge in [0.05, 0.1) is 30.0 Å². The van der Waals surface area contributed by atoms with Crippen molar-refractivity contribution >= 4 is 27.8 Å². The molecule has 0 unspecified atom stereocenters. The van der Waals surface area contributed by atoms with Crippen LogP contribution in [0.25, 0.3) is 0 Å². The van der Waals surface area contributed by atoms with Gasteiger partial charge in [-0.15, -0.1) is 0 Å². The molecular formula is C14H15BrFNO4. The van der Waals surface area contributed by atoms with E-state index in [4.69, 9.17) is 9.84 Å². The minimum atomic E-state index is -0.947. The van der Waals surface area contributed by atoms with Crippen molar-refractivity contribution in [3.8, 4) is 0 Å². The highest BCUT2D eigenvalue weighted by atomic mass is 79.9. The Morgan fingerprint density at radius 3 is 2.90 bits per heavy atom. The molecule has 1 atom stereocenters. The monoisotopic (exact) mass is 359 g/mol. The highest BCUT2D eigenvalue weighted by Gasteiger charge is 2.25. The van der Waals surface area contributed by atoms with Gasteiger partial charge in [0.2, 0.25) is 5.91 Å². The molecule has 0 radical (unpaired) electrons. The minimum Gasteiger partial charge on any atom is -0.481 e. The van der Waals surface area contributed by atoms with E-state index in [1.807, 2.05) is 0 Å². The van der Waals surface area contributed by atoms with Gasteiger partial charge < -0.3 is 14.7 Å². The van der Waals surface area contributed by atoms with Crippen molar-refractivity contribution in [3.63, 3.8) is 0 Å². The van der Waals surface area contributed by atoms with Crippen LogP contribution in [0.3, 0.4) is 0 Å². The zero-order chi connectivity index (χ0) is 15.4. The number of halogens is 2. The summed E-state index contributed by atoms with van der Waals surface area (Å²) >= 11 is 3.08. The SMILES string of the molecule is O=C(O)C[C@H]1CN(C(=O)Cc2ccc(F)c(Br)c2)CCO1. The molecule has 114 valence electrons. The van der Waals surface area contributed by atoms with E-state index < -0.39 is 12.1 Å². The van der Waals surface area contributed by atoms with E-state index >= 15 is 0 Å². The largest absolute Gasteiger partial charge is 0.481 e. The zero-order valence-electron chi connectivity index (χ0n) is 11.2. The van der Waals surface area contributed by atoms with Gasteiger partial charge in [-0.3, -0.25) is 9.59 Å². The molecule has 0 spiro atoms. The van der Waals surface area contributed by atoms with E-state index in [2.05, 4.69) is 15.9 Å². The number of carboxylic acid groups (broad SMARTS) is 1. The van der Waals surface area contributed by atoms with Gasteiger partial charge in [-0.05, 0) is 33.6 Å². The summed E-state index contributed by atoms with van der Waals surface area (Å²) in [6.45, 7) is 1.04. The molecule has 1 aliphatic rings. The molecule has 1 aliphatic heterocycles. The molecule has 5 nitrogen and oxygen atoms in total. The quantitative estimate of drug-likeness (QED) is 0.890. The molecule has 1 aromatic carbocycles. The maximum absolute atomic E-state index is 13.1. The lowest BCUT2D eigenvalue weighted by atomic mass is 10.1. The van der Waals surface area contributed by atoms with Gasteiger partial charge in [0.1, 0.15) is 5.82 Å². The number of carboxylic acids is 1. The van der Waals surface area contributed by atoms with E-state index in [1.54, 1.807) is 17.0 Å². The maximum atomic E-state index is 13.1. The van der Waals surface area contributed by atoms with Crippen molar-refractivity contribution < 1.29 is 23.8 Å². The number of amides is 1. The standard InChI is InChI=1S/C14H15BrFNO4/c15-11-5-9(1-2-12(11)16)6-13(18)17-3-4-21-10(8-17)7-14(19)20/h1-2,5,10H,3-4,6-8H2,(H,19,20)/t10-/m0/s1. The highest BCUT2D eigenvalue weighted by Crippen LogP contribution is 2.18. The van der Waals surface area contributed by atoms with Gasteiger partial charge in [0.25, 0.3) is 0 Å². The molecule has 1 aromatic rings. The Hall–Kier alpha value is -1.47. The van der Waals surface area contributed by atoms with Crippen molar-refractivity contribution in [1.29, 1.82) is 0 Å². The second kappa shape index (κ2) is 7.00. The van der Waals surface area contributed by atoms with Crippen molar-refractivity contribution in [2.45, 2.75) is 18.9 Å². The van der Waals surface area contributed by atoms with E-state index in [0.29, 0.717) is 23.2 Å². The first-order valence-electron chi connectivity index (χ1n) is 6.51. The molecule has 1 N–H and O–H groups in total. The Kier molecular flexibility index (Phi) is 5.30. The van der Waals surface area contributed by atoms with Crippen LogP contribution in [0.2, 0.25) is 0 Å². The van der Waals surface area contributed by atoms with Crippen molar-refractivity contribution in [3.05, 3.63) is 34.1 Å². The normalized spacial score (nSPS) is 18.6. The lowest BCUT2D eigenvalue weighted by molar-refractivity contribution is -0.147. The number of carbonyl (C=O) groups excluding carboxylic acids is 1. The van der Waals surface area contributed by atoms with Gasteiger partial charge in [0.15, 0.2) is 0 Å². The lowest BCUT2D eigenvalue weighted by Crippen LogP contribution is -2.46. The number of nitrogens with zero attached hydrogens (tertiary/aromatic N) is 1. The van der Waals surface area contributed by atoms with Crippen LogP contribution in [0.4, 0.5) is 4.39 Å². The summed E-state index contributed by atoms with van der Waals surface area (Å²) in [4.78, 5) is 24.5. The summed E-state index contributed by atoms with van der Waals surface area (Å²) in [5, 5.41) is 8.76. The number of ether oxygens (including phenoxy) is 1. The second-order valence-electron chi connectivity index (χ2n) is 4.86. The lowest BCUT2D eigenvalue weighted by Gasteiger charge is -2.32. The predicted molar refractivity (Wildman–Crippen MR) is 76.4 cm³/mol. The molecule has 1 amide bonds. The van der Waals surface area contributed by atoms with Gasteiger partial charge in [-0.25, -0.2) is 4.39 Å². The Balaban J connectivity index is 1.96. The second-order valence-corrected chi connectivity index (χ2v) is 5.71. The average Bonchev–Trinajstić information content (AvgIpc) is 2.42. The summed E-state index contributed by atoms with van der Waals surface area (Å²) in [6, 6.07) is 4.44. The van der Waals surface area contributed by atoms with Gasteiger partial charge in [-0.1, -0.05) is 6.07 Å². The highest BCUT2D eigenvalue weighted by molar-refractivity contribution is 9.10. The molecular weight excluding hydrogens is 345 g/mol. The fraction of sp³-hybridized carbons (Fsp3) is 0.429. The Labute approximate surface area is 129 Å². The molecule has 0 aromatic heterocycles. The third kappa shape index (κ3) is 4.50. The Morgan fingerprint density at radius 1 is 1.48 bits per heavy atom. The summed E-state index contributed by atoms with van der Waals surface area (Å²) in [6.07, 6.45) is -0.440. The number of hydrogen-bond donors (Lipinski definition) is 1. The van der Waals surface area contributed by atoms with E-state index in [0.717, 1.165) is 0 Å². The van der Waals surface area contributed by atoms with Crippen LogP contribution in [0, 0.1) is 5.82 Å². The van der Waals surface area contributed by atoms with E-state index in [9.17, 15) is 14.0 Å². The molecule has 0 aliphatic carbocycles. The number of morpholine rings is 1. The van der Waals surface area contributed by atoms with Crippen LogP contribution in [0.5, 0.6) is 0 Å². The van der Waals surface area contributed by atoms with Crippen molar-refractivity contribution in [2.24, 2.45) is 0 Å². The fourth-order valence-corrected chi connectivity index (χ4v) is 2.63. The van der Waals surface area contributed by atoms with Gasteiger partial charge in [-0.2, -0.15) is 0 Å². The van der Waals surface area contributed by atoms with E-state index in [1.165, 1.54) is 6.07 Å². The summed E-state index contributed by atoms with van der Waals surface area (Å²) < 4.78 is 18.8. The van der Waals surface area contributed by atoms with Crippen LogP contribution in [0.1, 0.15) is 12.0 Å². The van der Waals surface area contributed by atoms with Gasteiger partial charge >= 0.3 is 5.97 Å². The van der Waals surface area contributed by atoms with Crippen molar-refractivity contribution in [2.75, 3.05) is 19.7 Å². The first-order valence-corrected chi connectivity index (χ1v) is 7.30. The third-order valence-electron chi connectivity index (χ3n) is 3.23. The van der Waals surface area contributed by atoms with Crippen molar-refractivity contribution in [1.82, 2.24) is 4.90 Å². The van der Waals surface area contributed by atoms with Crippen LogP contribution in [0.15, 0.2) is 22.7 Å². The van der Waals surface area contributed by atoms with E-state index in [-0.39, 0.29) is 31.1 Å². The van der Waals surface area contributed by atoms with Crippen LogP contribution in [-0.4, -0.2) is 47.7 Å². The predicted octanol–water partition coefficient (Wildman–Crippen LogP) is 1.83. The molecule has 1 fully saturated rings. The third-order valence-corrected chi connectivity index (χ3v) is 3.84. The summed E-state index contributed by atoms with van der Waals surface area (Å²) in [5.74, 6) is -1.44. The van der Waals surface area contributed by atoms with Gasteiger partial charge in [0, 0.05) is 13.1 Å². The number of aliphatic carboxylic acids is 1. The zero-order valence-corrected chi connectivity index (χ0v) is 12.8. The number of benzene rings is 1. The molecule has 0 bridgehead atoms. The fourth-order valence-electron chi connectivity index (χ4n) is 2.20. The van der Waals surface area contributed by atoms with Crippen LogP contribution in [-0.2, 0) is 20.7 Å². The molecule has 1 heterocycles. The van der Waals surface area contributed by atoms with Crippen LogP contribution < -0.4 is 0 Å². The molecule has 0 saturated carbocycles. The average molecular weight is 360 g/mol. The molecule has 7 heteroatoms. The Morgan fingerprint density at radius 2 is 2.24 bits per heavy atom. The topological polar surface area (TPSA) is 66.8 Å². The minimum absolute atomic E-state index is 0.118. The smallest absolute Gasteiger partial charge is 0.306 e. The molecule has 2 rings (SSSR count). The first kappa shape index (κ1) is 15.9. The number of hydrogen-bond acceptors (Lipinski definition) is 3.